The molecule has 1 aromatic carbocycles. The third-order valence-corrected chi connectivity index (χ3v) is 6.00. The van der Waals surface area contributed by atoms with Gasteiger partial charge in [-0.05, 0) is 25.3 Å². The Morgan fingerprint density at radius 1 is 1.29 bits per heavy atom. The first kappa shape index (κ1) is 19.4. The number of benzene rings is 1. The fraction of sp³-hybridized carbons (Fsp3) is 0.280. The van der Waals surface area contributed by atoms with Gasteiger partial charge in [0.1, 0.15) is 11.1 Å². The molecule has 0 radical (unpaired) electrons. The topological polar surface area (TPSA) is 74.6 Å². The van der Waals surface area contributed by atoms with Crippen LogP contribution in [0.3, 0.4) is 0 Å². The van der Waals surface area contributed by atoms with Gasteiger partial charge in [0.05, 0.1) is 24.8 Å². The molecule has 6 nitrogen and oxygen atoms in total. The van der Waals surface area contributed by atoms with Crippen molar-refractivity contribution in [3.05, 3.63) is 70.4 Å². The summed E-state index contributed by atoms with van der Waals surface area (Å²) in [4.78, 5) is 25.1. The van der Waals surface area contributed by atoms with Gasteiger partial charge in [-0.1, -0.05) is 32.0 Å². The van der Waals surface area contributed by atoms with Crippen LogP contribution in [-0.2, 0) is 11.2 Å². The first-order chi connectivity index (χ1) is 15.0. The number of ether oxygens (including phenoxy) is 1. The molecule has 3 aromatic heterocycles. The molecule has 158 valence electrons. The number of hydrogen-bond acceptors (Lipinski definition) is 5. The second kappa shape index (κ2) is 7.30. The number of furan rings is 2. The van der Waals surface area contributed by atoms with Crippen LogP contribution in [0, 0.1) is 5.92 Å². The maximum Gasteiger partial charge on any atom is 0.343 e. The van der Waals surface area contributed by atoms with Gasteiger partial charge in [0.25, 0.3) is 0 Å². The Morgan fingerprint density at radius 2 is 2.13 bits per heavy atom. The van der Waals surface area contributed by atoms with Crippen LogP contribution in [-0.4, -0.2) is 17.1 Å². The molecular weight excluding hydrogens is 394 g/mol. The largest absolute Gasteiger partial charge is 0.472 e. The van der Waals surface area contributed by atoms with Gasteiger partial charge in [-0.25, -0.2) is 4.79 Å². The molecule has 6 heteroatoms. The van der Waals surface area contributed by atoms with Crippen LogP contribution >= 0.6 is 0 Å². The molecule has 0 N–H and O–H groups in total. The molecule has 1 aliphatic rings. The highest BCUT2D eigenvalue weighted by molar-refractivity contribution is 5.98. The summed E-state index contributed by atoms with van der Waals surface area (Å²) in [5.74, 6) is 0.366. The lowest BCUT2D eigenvalue weighted by atomic mass is 9.89. The average Bonchev–Trinajstić information content (AvgIpc) is 3.40. The highest BCUT2D eigenvalue weighted by Gasteiger charge is 2.32. The van der Waals surface area contributed by atoms with Gasteiger partial charge in [0.2, 0.25) is 0 Å². The van der Waals surface area contributed by atoms with E-state index in [0.29, 0.717) is 11.5 Å². The fourth-order valence-corrected chi connectivity index (χ4v) is 4.46. The summed E-state index contributed by atoms with van der Waals surface area (Å²) in [6, 6.07) is 9.54. The molecule has 0 saturated carbocycles. The molecule has 0 aliphatic carbocycles. The van der Waals surface area contributed by atoms with Crippen molar-refractivity contribution in [3.63, 3.8) is 0 Å². The second-order valence-electron chi connectivity index (χ2n) is 8.18. The molecule has 0 bridgehead atoms. The Bertz CT molecular complexity index is 1340. The minimum absolute atomic E-state index is 0.0508. The molecule has 1 atom stereocenters. The minimum Gasteiger partial charge on any atom is -0.472 e. The molecule has 0 fully saturated rings. The van der Waals surface area contributed by atoms with E-state index in [1.807, 2.05) is 22.8 Å². The van der Waals surface area contributed by atoms with Crippen LogP contribution < -0.4 is 5.43 Å². The Kier molecular flexibility index (Phi) is 4.58. The van der Waals surface area contributed by atoms with Gasteiger partial charge >= 0.3 is 5.97 Å². The van der Waals surface area contributed by atoms with Crippen LogP contribution in [0.1, 0.15) is 42.7 Å². The third kappa shape index (κ3) is 3.02. The van der Waals surface area contributed by atoms with E-state index in [1.54, 1.807) is 25.6 Å². The number of nitrogens with zero attached hydrogens (tertiary/aromatic N) is 1. The summed E-state index contributed by atoms with van der Waals surface area (Å²) in [6.45, 7) is 6.22. The molecule has 0 saturated heterocycles. The number of para-hydroxylation sites is 1. The predicted molar refractivity (Wildman–Crippen MR) is 117 cm³/mol. The zero-order chi connectivity index (χ0) is 21.7. The van der Waals surface area contributed by atoms with Gasteiger partial charge in [0.15, 0.2) is 11.2 Å². The zero-order valence-corrected chi connectivity index (χ0v) is 17.7. The summed E-state index contributed by atoms with van der Waals surface area (Å²) >= 11 is 0. The summed E-state index contributed by atoms with van der Waals surface area (Å²) in [5.41, 5.74) is 4.11. The van der Waals surface area contributed by atoms with Crippen LogP contribution in [0.15, 0.2) is 62.7 Å². The van der Waals surface area contributed by atoms with Crippen molar-refractivity contribution in [2.75, 3.05) is 6.61 Å². The molecule has 4 heterocycles. The van der Waals surface area contributed by atoms with Crippen molar-refractivity contribution >= 4 is 16.9 Å². The first-order valence-electron chi connectivity index (χ1n) is 10.5. The van der Waals surface area contributed by atoms with E-state index in [4.69, 9.17) is 13.6 Å². The van der Waals surface area contributed by atoms with E-state index < -0.39 is 5.97 Å². The lowest BCUT2D eigenvalue weighted by Crippen LogP contribution is -2.28. The lowest BCUT2D eigenvalue weighted by Gasteiger charge is -2.31. The van der Waals surface area contributed by atoms with Gasteiger partial charge in [-0.2, -0.15) is 0 Å². The SMILES string of the molecule is CCOC(=O)c1cn2c(cc1=O)-c1oc3c(-c4ccoc4)cccc3c1C[C@H]2C(C)C. The highest BCUT2D eigenvalue weighted by atomic mass is 16.5. The lowest BCUT2D eigenvalue weighted by molar-refractivity contribution is 0.0523. The van der Waals surface area contributed by atoms with Crippen LogP contribution in [0.25, 0.3) is 33.6 Å². The maximum atomic E-state index is 12.8. The molecule has 31 heavy (non-hydrogen) atoms. The molecule has 0 amide bonds. The van der Waals surface area contributed by atoms with Gasteiger partial charge in [-0.15, -0.1) is 0 Å². The quantitative estimate of drug-likeness (QED) is 0.413. The van der Waals surface area contributed by atoms with Gasteiger partial charge < -0.3 is 18.1 Å². The van der Waals surface area contributed by atoms with E-state index in [-0.39, 0.29) is 29.6 Å². The van der Waals surface area contributed by atoms with E-state index in [0.717, 1.165) is 34.1 Å². The summed E-state index contributed by atoms with van der Waals surface area (Å²) in [7, 11) is 0. The van der Waals surface area contributed by atoms with Crippen LogP contribution in [0.4, 0.5) is 0 Å². The van der Waals surface area contributed by atoms with Crippen molar-refractivity contribution < 1.29 is 18.4 Å². The summed E-state index contributed by atoms with van der Waals surface area (Å²) in [6.07, 6.45) is 5.70. The average molecular weight is 417 g/mol. The predicted octanol–water partition coefficient (Wildman–Crippen LogP) is 5.45. The van der Waals surface area contributed by atoms with E-state index in [2.05, 4.69) is 19.9 Å². The smallest absolute Gasteiger partial charge is 0.343 e. The molecular formula is C25H23NO5. The number of pyridine rings is 1. The Labute approximate surface area is 179 Å². The fourth-order valence-electron chi connectivity index (χ4n) is 4.46. The summed E-state index contributed by atoms with van der Waals surface area (Å²) in [5, 5.41) is 1.03. The van der Waals surface area contributed by atoms with Crippen LogP contribution in [0.5, 0.6) is 0 Å². The van der Waals surface area contributed by atoms with Crippen molar-refractivity contribution in [1.29, 1.82) is 0 Å². The van der Waals surface area contributed by atoms with E-state index >= 15 is 0 Å². The number of rotatable bonds is 4. The standard InChI is InChI=1S/C25H23NO5/c1-4-30-25(28)19-12-26-20(14(2)3)10-18-17-7-5-6-16(15-8-9-29-13-15)23(17)31-24(18)21(26)11-22(19)27/h5-9,11-14,20H,4,10H2,1-3H3/t20-/m0/s1. The molecule has 1 aliphatic heterocycles. The molecule has 0 unspecified atom stereocenters. The van der Waals surface area contributed by atoms with Gasteiger partial charge in [0, 0.05) is 40.4 Å². The normalized spacial score (nSPS) is 15.2. The molecule has 4 aromatic rings. The number of aromatic nitrogens is 1. The molecule has 0 spiro atoms. The van der Waals surface area contributed by atoms with Gasteiger partial charge in [-0.3, -0.25) is 4.79 Å². The number of hydrogen-bond donors (Lipinski definition) is 0. The third-order valence-electron chi connectivity index (χ3n) is 6.00. The Morgan fingerprint density at radius 3 is 2.84 bits per heavy atom. The number of fused-ring (bicyclic) bond motifs is 5. The summed E-state index contributed by atoms with van der Waals surface area (Å²) < 4.78 is 18.7. The van der Waals surface area contributed by atoms with Crippen molar-refractivity contribution in [1.82, 2.24) is 4.57 Å². The van der Waals surface area contributed by atoms with E-state index in [9.17, 15) is 9.59 Å². The zero-order valence-electron chi connectivity index (χ0n) is 17.7. The molecule has 5 rings (SSSR count). The second-order valence-corrected chi connectivity index (χ2v) is 8.18. The monoisotopic (exact) mass is 417 g/mol. The van der Waals surface area contributed by atoms with Crippen molar-refractivity contribution in [3.8, 4) is 22.6 Å². The highest BCUT2D eigenvalue weighted by Crippen LogP contribution is 2.44. The first-order valence-corrected chi connectivity index (χ1v) is 10.5. The van der Waals surface area contributed by atoms with Crippen LogP contribution in [0.2, 0.25) is 0 Å². The Balaban J connectivity index is 1.77. The Hall–Kier alpha value is -3.54. The van der Waals surface area contributed by atoms with E-state index in [1.165, 1.54) is 6.07 Å². The number of esters is 1. The van der Waals surface area contributed by atoms with Crippen molar-refractivity contribution in [2.24, 2.45) is 5.92 Å². The number of carbonyl (C=O) groups excluding carboxylic acids is 1. The van der Waals surface area contributed by atoms with Crippen molar-refractivity contribution in [2.45, 2.75) is 33.2 Å². The maximum absolute atomic E-state index is 12.8. The number of carbonyl (C=O) groups is 1. The minimum atomic E-state index is -0.594.